The summed E-state index contributed by atoms with van der Waals surface area (Å²) < 4.78 is 0. The Labute approximate surface area is 77.3 Å². The molecule has 0 spiro atoms. The number of nitrogens with zero attached hydrogens (tertiary/aromatic N) is 1. The number of hydrogen-bond donors (Lipinski definition) is 1. The van der Waals surface area contributed by atoms with E-state index in [0.717, 1.165) is 11.6 Å². The van der Waals surface area contributed by atoms with Gasteiger partial charge in [0.2, 0.25) is 0 Å². The predicted octanol–water partition coefficient (Wildman–Crippen LogP) is 2.29. The number of thiazole rings is 1. The Morgan fingerprint density at radius 2 is 2.58 bits per heavy atom. The Bertz CT molecular complexity index is 255. The molecule has 0 saturated carbocycles. The van der Waals surface area contributed by atoms with Crippen LogP contribution in [0.25, 0.3) is 0 Å². The fraction of sp³-hybridized carbons (Fsp3) is 0.444. The number of aryl methyl sites for hydroxylation is 1. The summed E-state index contributed by atoms with van der Waals surface area (Å²) in [5.74, 6) is 0. The third-order valence-electron chi connectivity index (χ3n) is 1.61. The molecule has 1 atom stereocenters. The summed E-state index contributed by atoms with van der Waals surface area (Å²) in [4.78, 5) is 5.44. The maximum absolute atomic E-state index is 4.20. The van der Waals surface area contributed by atoms with Gasteiger partial charge < -0.3 is 5.32 Å². The minimum atomic E-state index is 0.265. The maximum Gasteiger partial charge on any atom is 0.0897 e. The zero-order chi connectivity index (χ0) is 8.97. The quantitative estimate of drug-likeness (QED) is 0.723. The second kappa shape index (κ2) is 4.38. The third-order valence-corrected chi connectivity index (χ3v) is 2.60. The van der Waals surface area contributed by atoms with Crippen molar-refractivity contribution in [3.8, 4) is 0 Å². The molecule has 2 nitrogen and oxygen atoms in total. The van der Waals surface area contributed by atoms with E-state index in [1.807, 2.05) is 19.2 Å². The standard InChI is InChI=1S/C9H14N2S/c1-4-8(10-5-2)9-6-11-7(3)12-9/h4,6,8,10H,1,5H2,2-3H3. The molecular weight excluding hydrogens is 168 g/mol. The Morgan fingerprint density at radius 1 is 1.83 bits per heavy atom. The maximum atomic E-state index is 4.20. The molecule has 1 unspecified atom stereocenters. The highest BCUT2D eigenvalue weighted by Gasteiger charge is 2.07. The first-order valence-electron chi connectivity index (χ1n) is 4.06. The fourth-order valence-corrected chi connectivity index (χ4v) is 1.90. The molecule has 1 aromatic heterocycles. The van der Waals surface area contributed by atoms with Crippen molar-refractivity contribution in [1.29, 1.82) is 0 Å². The summed E-state index contributed by atoms with van der Waals surface area (Å²) >= 11 is 1.72. The summed E-state index contributed by atoms with van der Waals surface area (Å²) in [7, 11) is 0. The van der Waals surface area contributed by atoms with Crippen molar-refractivity contribution in [3.63, 3.8) is 0 Å². The zero-order valence-electron chi connectivity index (χ0n) is 7.50. The van der Waals surface area contributed by atoms with E-state index in [4.69, 9.17) is 0 Å². The van der Waals surface area contributed by atoms with E-state index in [2.05, 4.69) is 23.8 Å². The van der Waals surface area contributed by atoms with Gasteiger partial charge in [0, 0.05) is 11.1 Å². The predicted molar refractivity (Wildman–Crippen MR) is 53.5 cm³/mol. The number of aromatic nitrogens is 1. The molecule has 66 valence electrons. The molecule has 1 heterocycles. The molecule has 12 heavy (non-hydrogen) atoms. The average Bonchev–Trinajstić information content (AvgIpc) is 2.47. The molecule has 0 saturated heterocycles. The Morgan fingerprint density at radius 3 is 3.00 bits per heavy atom. The van der Waals surface area contributed by atoms with Crippen LogP contribution in [0.15, 0.2) is 18.9 Å². The van der Waals surface area contributed by atoms with Crippen molar-refractivity contribution in [2.75, 3.05) is 6.54 Å². The van der Waals surface area contributed by atoms with E-state index in [9.17, 15) is 0 Å². The van der Waals surface area contributed by atoms with Crippen molar-refractivity contribution in [2.45, 2.75) is 19.9 Å². The third kappa shape index (κ3) is 2.16. The summed E-state index contributed by atoms with van der Waals surface area (Å²) in [6.45, 7) is 8.84. The highest BCUT2D eigenvalue weighted by Crippen LogP contribution is 2.20. The molecule has 1 aromatic rings. The molecule has 0 aliphatic heterocycles. The zero-order valence-corrected chi connectivity index (χ0v) is 8.32. The highest BCUT2D eigenvalue weighted by atomic mass is 32.1. The van der Waals surface area contributed by atoms with Crippen LogP contribution in [-0.2, 0) is 0 Å². The minimum absolute atomic E-state index is 0.265. The number of hydrogen-bond acceptors (Lipinski definition) is 3. The lowest BCUT2D eigenvalue weighted by atomic mass is 10.2. The summed E-state index contributed by atoms with van der Waals surface area (Å²) in [5.41, 5.74) is 0. The van der Waals surface area contributed by atoms with Gasteiger partial charge in [-0.1, -0.05) is 13.0 Å². The second-order valence-corrected chi connectivity index (χ2v) is 3.82. The molecule has 0 radical (unpaired) electrons. The van der Waals surface area contributed by atoms with Crippen molar-refractivity contribution in [1.82, 2.24) is 10.3 Å². The van der Waals surface area contributed by atoms with Gasteiger partial charge in [-0.3, -0.25) is 0 Å². The normalized spacial score (nSPS) is 12.8. The van der Waals surface area contributed by atoms with Crippen LogP contribution in [0.1, 0.15) is 22.9 Å². The van der Waals surface area contributed by atoms with E-state index >= 15 is 0 Å². The van der Waals surface area contributed by atoms with Gasteiger partial charge in [0.25, 0.3) is 0 Å². The van der Waals surface area contributed by atoms with Crippen LogP contribution in [-0.4, -0.2) is 11.5 Å². The lowest BCUT2D eigenvalue weighted by molar-refractivity contribution is 0.657. The van der Waals surface area contributed by atoms with E-state index in [-0.39, 0.29) is 6.04 Å². The van der Waals surface area contributed by atoms with Crippen LogP contribution in [0.5, 0.6) is 0 Å². The SMILES string of the molecule is C=CC(NCC)c1cnc(C)s1. The number of rotatable bonds is 4. The van der Waals surface area contributed by atoms with Gasteiger partial charge >= 0.3 is 0 Å². The molecule has 1 N–H and O–H groups in total. The summed E-state index contributed by atoms with van der Waals surface area (Å²) in [6, 6.07) is 0.265. The van der Waals surface area contributed by atoms with Crippen LogP contribution in [0.4, 0.5) is 0 Å². The van der Waals surface area contributed by atoms with E-state index in [1.165, 1.54) is 4.88 Å². The monoisotopic (exact) mass is 182 g/mol. The van der Waals surface area contributed by atoms with Gasteiger partial charge in [0.15, 0.2) is 0 Å². The Balaban J connectivity index is 2.72. The summed E-state index contributed by atoms with van der Waals surface area (Å²) in [6.07, 6.45) is 3.82. The largest absolute Gasteiger partial charge is 0.306 e. The van der Waals surface area contributed by atoms with Gasteiger partial charge in [-0.15, -0.1) is 17.9 Å². The molecule has 0 bridgehead atoms. The van der Waals surface area contributed by atoms with Gasteiger partial charge in [0.1, 0.15) is 0 Å². The van der Waals surface area contributed by atoms with Crippen LogP contribution in [0, 0.1) is 6.92 Å². The van der Waals surface area contributed by atoms with Crippen molar-refractivity contribution >= 4 is 11.3 Å². The first-order valence-corrected chi connectivity index (χ1v) is 4.87. The molecule has 0 fully saturated rings. The van der Waals surface area contributed by atoms with Crippen LogP contribution in [0.2, 0.25) is 0 Å². The van der Waals surface area contributed by atoms with Crippen molar-refractivity contribution in [3.05, 3.63) is 28.7 Å². The van der Waals surface area contributed by atoms with E-state index in [0.29, 0.717) is 0 Å². The number of nitrogens with one attached hydrogen (secondary N) is 1. The smallest absolute Gasteiger partial charge is 0.0897 e. The Kier molecular flexibility index (Phi) is 3.44. The molecule has 1 rings (SSSR count). The average molecular weight is 182 g/mol. The molecule has 0 amide bonds. The minimum Gasteiger partial charge on any atom is -0.306 e. The molecule has 0 aliphatic rings. The van der Waals surface area contributed by atoms with Crippen LogP contribution < -0.4 is 5.32 Å². The molecule has 3 heteroatoms. The lowest BCUT2D eigenvalue weighted by Crippen LogP contribution is -2.17. The first-order chi connectivity index (χ1) is 5.77. The molecular formula is C9H14N2S. The topological polar surface area (TPSA) is 24.9 Å². The highest BCUT2D eigenvalue weighted by molar-refractivity contribution is 7.11. The summed E-state index contributed by atoms with van der Waals surface area (Å²) in [5, 5.41) is 4.42. The van der Waals surface area contributed by atoms with Crippen molar-refractivity contribution < 1.29 is 0 Å². The van der Waals surface area contributed by atoms with Gasteiger partial charge in [-0.05, 0) is 13.5 Å². The van der Waals surface area contributed by atoms with Gasteiger partial charge in [-0.2, -0.15) is 0 Å². The fourth-order valence-electron chi connectivity index (χ4n) is 1.04. The van der Waals surface area contributed by atoms with Crippen LogP contribution >= 0.6 is 11.3 Å². The van der Waals surface area contributed by atoms with Crippen molar-refractivity contribution in [2.24, 2.45) is 0 Å². The first kappa shape index (κ1) is 9.42. The van der Waals surface area contributed by atoms with E-state index in [1.54, 1.807) is 11.3 Å². The van der Waals surface area contributed by atoms with Gasteiger partial charge in [0.05, 0.1) is 11.0 Å². The Hall–Kier alpha value is -0.670. The second-order valence-electron chi connectivity index (χ2n) is 2.55. The molecule has 0 aliphatic carbocycles. The number of likely N-dealkylation sites (N-methyl/N-ethyl adjacent to an activating group) is 1. The van der Waals surface area contributed by atoms with Crippen LogP contribution in [0.3, 0.4) is 0 Å². The molecule has 0 aromatic carbocycles. The van der Waals surface area contributed by atoms with Gasteiger partial charge in [-0.25, -0.2) is 4.98 Å². The lowest BCUT2D eigenvalue weighted by Gasteiger charge is -2.09. The van der Waals surface area contributed by atoms with E-state index < -0.39 is 0 Å².